The molecule has 0 aromatic heterocycles. The van der Waals surface area contributed by atoms with Crippen LogP contribution in [-0.2, 0) is 9.84 Å². The molecule has 102 valence electrons. The van der Waals surface area contributed by atoms with Crippen molar-refractivity contribution in [2.45, 2.75) is 56.4 Å². The third-order valence-corrected chi connectivity index (χ3v) is 5.79. The summed E-state index contributed by atoms with van der Waals surface area (Å²) >= 11 is 1.86. The van der Waals surface area contributed by atoms with Crippen LogP contribution in [0, 0.1) is 0 Å². The highest BCUT2D eigenvalue weighted by Crippen LogP contribution is 2.24. The van der Waals surface area contributed by atoms with Gasteiger partial charge in [0.05, 0.1) is 5.25 Å². The van der Waals surface area contributed by atoms with Crippen molar-refractivity contribution in [3.8, 4) is 0 Å². The molecule has 1 fully saturated rings. The first-order valence-electron chi connectivity index (χ1n) is 6.37. The molecule has 0 spiro atoms. The van der Waals surface area contributed by atoms with Crippen LogP contribution in [0.3, 0.4) is 0 Å². The van der Waals surface area contributed by atoms with E-state index in [9.17, 15) is 8.42 Å². The van der Waals surface area contributed by atoms with E-state index in [2.05, 4.69) is 18.5 Å². The van der Waals surface area contributed by atoms with Crippen molar-refractivity contribution in [2.24, 2.45) is 0 Å². The van der Waals surface area contributed by atoms with E-state index in [-0.39, 0.29) is 5.25 Å². The molecule has 17 heavy (non-hydrogen) atoms. The van der Waals surface area contributed by atoms with Crippen molar-refractivity contribution >= 4 is 21.6 Å². The standard InChI is InChI=1S/C12H25NO2S2/c1-10(7-8-16-2)13-11-5-4-6-12(9-11)17(3,14)15/h10-13H,4-9H2,1-3H3. The molecule has 0 amide bonds. The van der Waals surface area contributed by atoms with Crippen LogP contribution in [0.15, 0.2) is 0 Å². The monoisotopic (exact) mass is 279 g/mol. The van der Waals surface area contributed by atoms with Gasteiger partial charge in [0.15, 0.2) is 0 Å². The summed E-state index contributed by atoms with van der Waals surface area (Å²) in [5, 5.41) is 3.45. The SMILES string of the molecule is CSCCC(C)NC1CCCC(S(C)(=O)=O)C1. The maximum Gasteiger partial charge on any atom is 0.150 e. The van der Waals surface area contributed by atoms with Gasteiger partial charge in [-0.05, 0) is 44.6 Å². The van der Waals surface area contributed by atoms with Crippen molar-refractivity contribution < 1.29 is 8.42 Å². The molecule has 5 heteroatoms. The Kier molecular flexibility index (Phi) is 6.31. The fourth-order valence-electron chi connectivity index (χ4n) is 2.47. The molecular weight excluding hydrogens is 254 g/mol. The molecule has 1 aliphatic carbocycles. The lowest BCUT2D eigenvalue weighted by atomic mass is 9.94. The summed E-state index contributed by atoms with van der Waals surface area (Å²) in [5.41, 5.74) is 0. The molecule has 0 heterocycles. The quantitative estimate of drug-likeness (QED) is 0.808. The zero-order chi connectivity index (χ0) is 12.9. The number of sulfone groups is 1. The Balaban J connectivity index is 2.39. The lowest BCUT2D eigenvalue weighted by molar-refractivity contribution is 0.341. The minimum atomic E-state index is -2.86. The molecule has 0 aromatic rings. The third kappa shape index (κ3) is 5.62. The molecule has 1 N–H and O–H groups in total. The van der Waals surface area contributed by atoms with Gasteiger partial charge in [-0.25, -0.2) is 8.42 Å². The molecule has 3 unspecified atom stereocenters. The van der Waals surface area contributed by atoms with Crippen LogP contribution < -0.4 is 5.32 Å². The maximum absolute atomic E-state index is 11.6. The Bertz CT molecular complexity index is 316. The Labute approximate surface area is 110 Å². The van der Waals surface area contributed by atoms with Crippen molar-refractivity contribution in [3.63, 3.8) is 0 Å². The first-order chi connectivity index (χ1) is 7.93. The average Bonchev–Trinajstić information content (AvgIpc) is 2.25. The number of hydrogen-bond donors (Lipinski definition) is 1. The molecule has 0 saturated heterocycles. The minimum absolute atomic E-state index is 0.124. The summed E-state index contributed by atoms with van der Waals surface area (Å²) in [5.74, 6) is 1.16. The smallest absolute Gasteiger partial charge is 0.150 e. The number of rotatable bonds is 6. The van der Waals surface area contributed by atoms with Gasteiger partial charge in [0.1, 0.15) is 9.84 Å². The summed E-state index contributed by atoms with van der Waals surface area (Å²) in [6.45, 7) is 2.19. The maximum atomic E-state index is 11.6. The Hall–Kier alpha value is 0.260. The topological polar surface area (TPSA) is 46.2 Å². The van der Waals surface area contributed by atoms with Crippen LogP contribution >= 0.6 is 11.8 Å². The van der Waals surface area contributed by atoms with Crippen LogP contribution in [0.25, 0.3) is 0 Å². The largest absolute Gasteiger partial charge is 0.311 e. The fraction of sp³-hybridized carbons (Fsp3) is 1.00. The van der Waals surface area contributed by atoms with E-state index in [4.69, 9.17) is 0 Å². The Morgan fingerprint density at radius 2 is 2.12 bits per heavy atom. The predicted molar refractivity (Wildman–Crippen MR) is 76.5 cm³/mol. The van der Waals surface area contributed by atoms with Crippen LogP contribution in [0.1, 0.15) is 39.0 Å². The number of nitrogens with one attached hydrogen (secondary N) is 1. The van der Waals surface area contributed by atoms with E-state index >= 15 is 0 Å². The second-order valence-electron chi connectivity index (χ2n) is 5.16. The van der Waals surface area contributed by atoms with Gasteiger partial charge < -0.3 is 5.32 Å². The van der Waals surface area contributed by atoms with Gasteiger partial charge in [0.2, 0.25) is 0 Å². The zero-order valence-corrected chi connectivity index (χ0v) is 12.7. The van der Waals surface area contributed by atoms with Gasteiger partial charge in [0, 0.05) is 18.3 Å². The predicted octanol–water partition coefficient (Wildman–Crippen LogP) is 2.07. The highest BCUT2D eigenvalue weighted by Gasteiger charge is 2.29. The molecule has 0 aromatic carbocycles. The normalized spacial score (nSPS) is 27.9. The van der Waals surface area contributed by atoms with Crippen molar-refractivity contribution in [2.75, 3.05) is 18.3 Å². The van der Waals surface area contributed by atoms with Crippen LogP contribution in [0.4, 0.5) is 0 Å². The van der Waals surface area contributed by atoms with Crippen LogP contribution in [-0.4, -0.2) is 44.0 Å². The minimum Gasteiger partial charge on any atom is -0.311 e. The second kappa shape index (κ2) is 7.00. The van der Waals surface area contributed by atoms with Gasteiger partial charge in [-0.2, -0.15) is 11.8 Å². The van der Waals surface area contributed by atoms with Crippen molar-refractivity contribution in [1.29, 1.82) is 0 Å². The van der Waals surface area contributed by atoms with Gasteiger partial charge in [0.25, 0.3) is 0 Å². The van der Waals surface area contributed by atoms with Gasteiger partial charge in [-0.1, -0.05) is 6.42 Å². The lowest BCUT2D eigenvalue weighted by Crippen LogP contribution is -2.42. The van der Waals surface area contributed by atoms with E-state index < -0.39 is 9.84 Å². The Morgan fingerprint density at radius 3 is 2.71 bits per heavy atom. The lowest BCUT2D eigenvalue weighted by Gasteiger charge is -2.31. The van der Waals surface area contributed by atoms with Crippen LogP contribution in [0.5, 0.6) is 0 Å². The Morgan fingerprint density at radius 1 is 1.41 bits per heavy atom. The molecule has 0 radical (unpaired) electrons. The summed E-state index contributed by atoms with van der Waals surface area (Å²) in [6, 6.07) is 0.881. The van der Waals surface area contributed by atoms with E-state index in [0.29, 0.717) is 12.1 Å². The molecule has 3 nitrogen and oxygen atoms in total. The molecular formula is C12H25NO2S2. The summed E-state index contributed by atoms with van der Waals surface area (Å²) in [4.78, 5) is 0. The highest BCUT2D eigenvalue weighted by atomic mass is 32.2. The molecule has 0 aliphatic heterocycles. The molecule has 1 saturated carbocycles. The van der Waals surface area contributed by atoms with Gasteiger partial charge >= 0.3 is 0 Å². The van der Waals surface area contributed by atoms with E-state index in [1.807, 2.05) is 11.8 Å². The first kappa shape index (κ1) is 15.3. The van der Waals surface area contributed by atoms with Crippen molar-refractivity contribution in [1.82, 2.24) is 5.32 Å². The number of hydrogen-bond acceptors (Lipinski definition) is 4. The molecule has 3 atom stereocenters. The summed E-state index contributed by atoms with van der Waals surface area (Å²) in [7, 11) is -2.86. The molecule has 0 bridgehead atoms. The van der Waals surface area contributed by atoms with Crippen LogP contribution in [0.2, 0.25) is 0 Å². The molecule has 1 rings (SSSR count). The average molecular weight is 279 g/mol. The summed E-state index contributed by atoms with van der Waals surface area (Å²) < 4.78 is 23.1. The van der Waals surface area contributed by atoms with E-state index in [0.717, 1.165) is 37.9 Å². The van der Waals surface area contributed by atoms with Crippen molar-refractivity contribution in [3.05, 3.63) is 0 Å². The zero-order valence-electron chi connectivity index (χ0n) is 11.1. The van der Waals surface area contributed by atoms with Gasteiger partial charge in [-0.3, -0.25) is 0 Å². The molecule has 1 aliphatic rings. The summed E-state index contributed by atoms with van der Waals surface area (Å²) in [6.07, 6.45) is 8.43. The number of thioether (sulfide) groups is 1. The fourth-order valence-corrected chi connectivity index (χ4v) is 4.23. The second-order valence-corrected chi connectivity index (χ2v) is 8.48. The van der Waals surface area contributed by atoms with E-state index in [1.54, 1.807) is 0 Å². The highest BCUT2D eigenvalue weighted by molar-refractivity contribution is 7.98. The first-order valence-corrected chi connectivity index (χ1v) is 9.72. The van der Waals surface area contributed by atoms with E-state index in [1.165, 1.54) is 6.26 Å². The van der Waals surface area contributed by atoms with Gasteiger partial charge in [-0.15, -0.1) is 0 Å². The third-order valence-electron chi connectivity index (χ3n) is 3.51.